The van der Waals surface area contributed by atoms with E-state index in [2.05, 4.69) is 24.7 Å². The van der Waals surface area contributed by atoms with E-state index in [0.717, 1.165) is 17.5 Å². The highest BCUT2D eigenvalue weighted by atomic mass is 16.5. The number of ether oxygens (including phenoxy) is 1. The number of nitrogens with one attached hydrogen (secondary N) is 2. The van der Waals surface area contributed by atoms with E-state index in [0.29, 0.717) is 23.7 Å². The van der Waals surface area contributed by atoms with Crippen molar-refractivity contribution < 1.29 is 14.3 Å². The van der Waals surface area contributed by atoms with Gasteiger partial charge in [0.2, 0.25) is 0 Å². The number of rotatable bonds is 7. The van der Waals surface area contributed by atoms with Crippen molar-refractivity contribution in [3.05, 3.63) is 65.2 Å². The van der Waals surface area contributed by atoms with Crippen LogP contribution in [0.5, 0.6) is 5.75 Å². The molecule has 0 aromatic heterocycles. The number of hydrogen-bond acceptors (Lipinski definition) is 3. The fraction of sp³-hybridized carbons (Fsp3) is 0.364. The van der Waals surface area contributed by atoms with E-state index in [4.69, 9.17) is 4.74 Å². The standard InChI is InChI=1S/C22H28N2O3/c1-5-16(4)18-9-7-8-10-20(18)27-19(6-2)22(26)24-23-21(25)17-13-11-15(3)12-14-17/h7-14,16,19H,5-6H2,1-4H3,(H,23,25)(H,24,26). The summed E-state index contributed by atoms with van der Waals surface area (Å²) in [6.07, 6.45) is 0.783. The van der Waals surface area contributed by atoms with Crippen LogP contribution in [0.3, 0.4) is 0 Å². The molecule has 2 rings (SSSR count). The lowest BCUT2D eigenvalue weighted by Crippen LogP contribution is -2.48. The number of amides is 2. The average molecular weight is 368 g/mol. The Balaban J connectivity index is 2.00. The second-order valence-corrected chi connectivity index (χ2v) is 6.67. The second-order valence-electron chi connectivity index (χ2n) is 6.67. The molecule has 144 valence electrons. The Kier molecular flexibility index (Phi) is 7.41. The summed E-state index contributed by atoms with van der Waals surface area (Å²) in [4.78, 5) is 24.6. The molecule has 0 saturated carbocycles. The topological polar surface area (TPSA) is 67.4 Å². The van der Waals surface area contributed by atoms with Crippen LogP contribution < -0.4 is 15.6 Å². The van der Waals surface area contributed by atoms with Crippen molar-refractivity contribution in [2.24, 2.45) is 0 Å². The summed E-state index contributed by atoms with van der Waals surface area (Å²) in [5.41, 5.74) is 7.54. The molecule has 0 fully saturated rings. The molecule has 0 radical (unpaired) electrons. The van der Waals surface area contributed by atoms with Crippen molar-refractivity contribution in [3.8, 4) is 5.75 Å². The Bertz CT molecular complexity index is 771. The van der Waals surface area contributed by atoms with Crippen LogP contribution in [0, 0.1) is 6.92 Å². The van der Waals surface area contributed by atoms with Crippen LogP contribution in [0.15, 0.2) is 48.5 Å². The molecule has 2 N–H and O–H groups in total. The molecule has 0 aliphatic rings. The van der Waals surface area contributed by atoms with Gasteiger partial charge in [0.25, 0.3) is 11.8 Å². The molecule has 0 saturated heterocycles. The molecular formula is C22H28N2O3. The summed E-state index contributed by atoms with van der Waals surface area (Å²) in [5.74, 6) is 0.303. The molecule has 2 unspecified atom stereocenters. The average Bonchev–Trinajstić information content (AvgIpc) is 2.70. The number of aryl methyl sites for hydroxylation is 1. The zero-order chi connectivity index (χ0) is 19.8. The number of benzene rings is 2. The minimum absolute atomic E-state index is 0.336. The predicted octanol–water partition coefficient (Wildman–Crippen LogP) is 4.13. The molecule has 0 aliphatic heterocycles. The van der Waals surface area contributed by atoms with Crippen LogP contribution in [-0.4, -0.2) is 17.9 Å². The van der Waals surface area contributed by atoms with Gasteiger partial charge in [0.15, 0.2) is 6.10 Å². The summed E-state index contributed by atoms with van der Waals surface area (Å²) in [5, 5.41) is 0. The van der Waals surface area contributed by atoms with Gasteiger partial charge in [0.1, 0.15) is 5.75 Å². The first-order chi connectivity index (χ1) is 13.0. The monoisotopic (exact) mass is 368 g/mol. The molecule has 27 heavy (non-hydrogen) atoms. The van der Waals surface area contributed by atoms with Gasteiger partial charge in [-0.15, -0.1) is 0 Å². The van der Waals surface area contributed by atoms with E-state index < -0.39 is 6.10 Å². The lowest BCUT2D eigenvalue weighted by Gasteiger charge is -2.21. The van der Waals surface area contributed by atoms with Crippen LogP contribution in [0.25, 0.3) is 0 Å². The summed E-state index contributed by atoms with van der Waals surface area (Å²) >= 11 is 0. The maximum absolute atomic E-state index is 12.5. The highest BCUT2D eigenvalue weighted by Gasteiger charge is 2.21. The fourth-order valence-electron chi connectivity index (χ4n) is 2.67. The molecule has 2 amide bonds. The summed E-state index contributed by atoms with van der Waals surface area (Å²) in [6.45, 7) is 8.07. The first-order valence-electron chi connectivity index (χ1n) is 9.38. The third kappa shape index (κ3) is 5.58. The number of para-hydroxylation sites is 1. The zero-order valence-corrected chi connectivity index (χ0v) is 16.4. The SMILES string of the molecule is CCC(Oc1ccccc1C(C)CC)C(=O)NNC(=O)c1ccc(C)cc1. The fourth-order valence-corrected chi connectivity index (χ4v) is 2.67. The molecule has 0 spiro atoms. The van der Waals surface area contributed by atoms with Crippen LogP contribution in [0.4, 0.5) is 0 Å². The third-order valence-electron chi connectivity index (χ3n) is 4.61. The Hall–Kier alpha value is -2.82. The van der Waals surface area contributed by atoms with Gasteiger partial charge in [0.05, 0.1) is 0 Å². The second kappa shape index (κ2) is 9.76. The lowest BCUT2D eigenvalue weighted by molar-refractivity contribution is -0.128. The first kappa shape index (κ1) is 20.5. The molecule has 2 aromatic carbocycles. The Labute approximate surface area is 161 Å². The van der Waals surface area contributed by atoms with E-state index in [1.807, 2.05) is 50.2 Å². The number of carbonyl (C=O) groups excluding carboxylic acids is 2. The van der Waals surface area contributed by atoms with Gasteiger partial charge in [-0.2, -0.15) is 0 Å². The quantitative estimate of drug-likeness (QED) is 0.722. The third-order valence-corrected chi connectivity index (χ3v) is 4.61. The highest BCUT2D eigenvalue weighted by Crippen LogP contribution is 2.29. The van der Waals surface area contributed by atoms with Crippen molar-refractivity contribution in [1.82, 2.24) is 10.9 Å². The van der Waals surface area contributed by atoms with Crippen molar-refractivity contribution >= 4 is 11.8 Å². The lowest BCUT2D eigenvalue weighted by atomic mass is 9.98. The molecular weight excluding hydrogens is 340 g/mol. The molecule has 2 aromatic rings. The van der Waals surface area contributed by atoms with Gasteiger partial charge < -0.3 is 4.74 Å². The normalized spacial score (nSPS) is 12.7. The number of carbonyl (C=O) groups is 2. The molecule has 0 aliphatic carbocycles. The molecule has 2 atom stereocenters. The number of hydrogen-bond donors (Lipinski definition) is 2. The zero-order valence-electron chi connectivity index (χ0n) is 16.4. The Morgan fingerprint density at radius 1 is 0.963 bits per heavy atom. The van der Waals surface area contributed by atoms with E-state index in [-0.39, 0.29) is 11.8 Å². The molecule has 0 bridgehead atoms. The summed E-state index contributed by atoms with van der Waals surface area (Å²) in [6, 6.07) is 14.9. The van der Waals surface area contributed by atoms with Gasteiger partial charge in [-0.3, -0.25) is 20.4 Å². The molecule has 5 nitrogen and oxygen atoms in total. The van der Waals surface area contributed by atoms with Gasteiger partial charge in [-0.1, -0.05) is 56.7 Å². The summed E-state index contributed by atoms with van der Waals surface area (Å²) < 4.78 is 5.97. The minimum Gasteiger partial charge on any atom is -0.480 e. The van der Waals surface area contributed by atoms with Crippen LogP contribution in [0.1, 0.15) is 61.0 Å². The van der Waals surface area contributed by atoms with Gasteiger partial charge in [-0.25, -0.2) is 0 Å². The van der Waals surface area contributed by atoms with E-state index in [9.17, 15) is 9.59 Å². The maximum atomic E-state index is 12.5. The molecule has 0 heterocycles. The summed E-state index contributed by atoms with van der Waals surface area (Å²) in [7, 11) is 0. The Morgan fingerprint density at radius 2 is 1.63 bits per heavy atom. The molecule has 5 heteroatoms. The smallest absolute Gasteiger partial charge is 0.279 e. The van der Waals surface area contributed by atoms with E-state index in [1.54, 1.807) is 12.1 Å². The van der Waals surface area contributed by atoms with Crippen LogP contribution in [-0.2, 0) is 4.79 Å². The van der Waals surface area contributed by atoms with Crippen molar-refractivity contribution in [1.29, 1.82) is 0 Å². The predicted molar refractivity (Wildman–Crippen MR) is 107 cm³/mol. The first-order valence-corrected chi connectivity index (χ1v) is 9.38. The number of hydrazine groups is 1. The van der Waals surface area contributed by atoms with Gasteiger partial charge >= 0.3 is 0 Å². The van der Waals surface area contributed by atoms with E-state index in [1.165, 1.54) is 0 Å². The highest BCUT2D eigenvalue weighted by molar-refractivity contribution is 5.95. The van der Waals surface area contributed by atoms with Crippen LogP contribution >= 0.6 is 0 Å². The maximum Gasteiger partial charge on any atom is 0.279 e. The van der Waals surface area contributed by atoms with Gasteiger partial charge in [0, 0.05) is 5.56 Å². The minimum atomic E-state index is -0.687. The van der Waals surface area contributed by atoms with Crippen molar-refractivity contribution in [3.63, 3.8) is 0 Å². The van der Waals surface area contributed by atoms with Crippen LogP contribution in [0.2, 0.25) is 0 Å². The largest absolute Gasteiger partial charge is 0.480 e. The van der Waals surface area contributed by atoms with Crippen molar-refractivity contribution in [2.45, 2.75) is 52.6 Å². The van der Waals surface area contributed by atoms with Gasteiger partial charge in [-0.05, 0) is 49.4 Å². The Morgan fingerprint density at radius 3 is 2.26 bits per heavy atom. The van der Waals surface area contributed by atoms with E-state index >= 15 is 0 Å². The van der Waals surface area contributed by atoms with Crippen molar-refractivity contribution in [2.75, 3.05) is 0 Å².